The number of Topliss-reactive ketones (excluding diaryl/α,β-unsaturated/α-hetero) is 1. The van der Waals surface area contributed by atoms with Gasteiger partial charge in [0.2, 0.25) is 0 Å². The fraction of sp³-hybridized carbons (Fsp3) is 0.667. The first-order chi connectivity index (χ1) is 12.2. The maximum absolute atomic E-state index is 12.7. The monoisotopic (exact) mass is 355 g/mol. The van der Waals surface area contributed by atoms with Gasteiger partial charge in [-0.15, -0.1) is 0 Å². The molecule has 2 unspecified atom stereocenters. The first-order valence-corrected chi connectivity index (χ1v) is 9.97. The van der Waals surface area contributed by atoms with Gasteiger partial charge in [-0.25, -0.2) is 0 Å². The maximum Gasteiger partial charge on any atom is 0.494 e. The lowest BCUT2D eigenvalue weighted by Crippen LogP contribution is -2.41. The average molecular weight is 355 g/mol. The fourth-order valence-corrected chi connectivity index (χ4v) is 4.44. The van der Waals surface area contributed by atoms with Crippen molar-refractivity contribution >= 4 is 18.4 Å². The van der Waals surface area contributed by atoms with Crippen LogP contribution < -0.4 is 10.8 Å². The second-order valence-electron chi connectivity index (χ2n) is 9.28. The highest BCUT2D eigenvalue weighted by atomic mass is 16.7. The fourth-order valence-electron chi connectivity index (χ4n) is 4.44. The normalized spacial score (nSPS) is 32.0. The van der Waals surface area contributed by atoms with Crippen LogP contribution in [-0.2, 0) is 20.5 Å². The van der Waals surface area contributed by atoms with Crippen molar-refractivity contribution in [1.29, 1.82) is 0 Å². The van der Waals surface area contributed by atoms with E-state index >= 15 is 0 Å². The summed E-state index contributed by atoms with van der Waals surface area (Å²) in [5, 5.41) is 3.61. The summed E-state index contributed by atoms with van der Waals surface area (Å²) in [6, 6.07) is 9.30. The molecular weight excluding hydrogens is 325 g/mol. The van der Waals surface area contributed by atoms with Gasteiger partial charge in [0.25, 0.3) is 0 Å². The van der Waals surface area contributed by atoms with E-state index < -0.39 is 0 Å². The number of rotatable bonds is 4. The molecule has 2 bridgehead atoms. The highest BCUT2D eigenvalue weighted by Gasteiger charge is 2.51. The van der Waals surface area contributed by atoms with E-state index in [-0.39, 0.29) is 24.2 Å². The number of nitrogens with one attached hydrogen (secondary N) is 1. The molecule has 0 radical (unpaired) electrons. The first-order valence-electron chi connectivity index (χ1n) is 9.97. The van der Waals surface area contributed by atoms with Crippen LogP contribution in [0.2, 0.25) is 0 Å². The number of piperidine rings is 1. The minimum Gasteiger partial charge on any atom is -0.399 e. The molecule has 0 amide bonds. The molecule has 1 aromatic carbocycles. The Labute approximate surface area is 157 Å². The zero-order chi connectivity index (χ0) is 18.5. The summed E-state index contributed by atoms with van der Waals surface area (Å²) < 4.78 is 12.2. The van der Waals surface area contributed by atoms with Gasteiger partial charge in [0.15, 0.2) is 0 Å². The highest BCUT2D eigenvalue weighted by molar-refractivity contribution is 6.62. The summed E-state index contributed by atoms with van der Waals surface area (Å²) in [6.45, 7) is 8.25. The molecule has 0 spiro atoms. The van der Waals surface area contributed by atoms with E-state index in [1.54, 1.807) is 0 Å². The number of fused-ring (bicyclic) bond motifs is 2. The molecule has 3 fully saturated rings. The van der Waals surface area contributed by atoms with Gasteiger partial charge in [0, 0.05) is 24.4 Å². The zero-order valence-corrected chi connectivity index (χ0v) is 16.4. The molecule has 1 N–H and O–H groups in total. The van der Waals surface area contributed by atoms with Gasteiger partial charge < -0.3 is 14.6 Å². The molecule has 26 heavy (non-hydrogen) atoms. The molecule has 0 aliphatic carbocycles. The van der Waals surface area contributed by atoms with Crippen molar-refractivity contribution in [2.45, 2.75) is 83.1 Å². The lowest BCUT2D eigenvalue weighted by atomic mass is 9.78. The van der Waals surface area contributed by atoms with Crippen molar-refractivity contribution in [3.63, 3.8) is 0 Å². The van der Waals surface area contributed by atoms with Crippen molar-refractivity contribution in [3.8, 4) is 0 Å². The number of hydrogen-bond acceptors (Lipinski definition) is 4. The molecule has 4 nitrogen and oxygen atoms in total. The van der Waals surface area contributed by atoms with Crippen LogP contribution in [0.4, 0.5) is 0 Å². The van der Waals surface area contributed by atoms with E-state index in [0.29, 0.717) is 24.3 Å². The standard InChI is InChI=1S/C21H30BNO3/c1-20(2)21(3,4)26-22(25-20)16-7-5-14(6-8-16)11-19(24)15-12-17-9-10-18(13-15)23-17/h5-8,15,17-18,23H,9-13H2,1-4H3. The Bertz CT molecular complexity index is 657. The summed E-state index contributed by atoms with van der Waals surface area (Å²) in [5.74, 6) is 0.628. The van der Waals surface area contributed by atoms with E-state index in [2.05, 4.69) is 33.0 Å². The summed E-state index contributed by atoms with van der Waals surface area (Å²) in [5.41, 5.74) is 1.43. The summed E-state index contributed by atoms with van der Waals surface area (Å²) in [6.07, 6.45) is 5.03. The van der Waals surface area contributed by atoms with Gasteiger partial charge in [-0.1, -0.05) is 24.3 Å². The Morgan fingerprint density at radius 3 is 2.12 bits per heavy atom. The minimum absolute atomic E-state index is 0.233. The molecule has 3 heterocycles. The first kappa shape index (κ1) is 18.2. The van der Waals surface area contributed by atoms with Crippen LogP contribution in [0.3, 0.4) is 0 Å². The lowest BCUT2D eigenvalue weighted by Gasteiger charge is -2.32. The number of ketones is 1. The summed E-state index contributed by atoms with van der Waals surface area (Å²) >= 11 is 0. The SMILES string of the molecule is CC1(C)OB(c2ccc(CC(=O)C3CC4CCC(C3)N4)cc2)OC1(C)C. The molecule has 4 rings (SSSR count). The molecule has 2 atom stereocenters. The van der Waals surface area contributed by atoms with Crippen LogP contribution in [0, 0.1) is 5.92 Å². The number of carbonyl (C=O) groups excluding carboxylic acids is 1. The van der Waals surface area contributed by atoms with E-state index in [1.807, 2.05) is 24.3 Å². The van der Waals surface area contributed by atoms with Crippen molar-refractivity contribution < 1.29 is 14.1 Å². The number of hydrogen-bond donors (Lipinski definition) is 1. The third-order valence-corrected chi connectivity index (χ3v) is 6.81. The van der Waals surface area contributed by atoms with Gasteiger partial charge >= 0.3 is 7.12 Å². The Balaban J connectivity index is 1.38. The second kappa shape index (κ2) is 6.47. The largest absolute Gasteiger partial charge is 0.494 e. The van der Waals surface area contributed by atoms with Crippen LogP contribution in [0.25, 0.3) is 0 Å². The van der Waals surface area contributed by atoms with Crippen LogP contribution >= 0.6 is 0 Å². The van der Waals surface area contributed by atoms with Crippen LogP contribution in [0.15, 0.2) is 24.3 Å². The number of carbonyl (C=O) groups is 1. The zero-order valence-electron chi connectivity index (χ0n) is 16.4. The topological polar surface area (TPSA) is 47.6 Å². The molecule has 140 valence electrons. The molecular formula is C21H30BNO3. The van der Waals surface area contributed by atoms with E-state index in [4.69, 9.17) is 9.31 Å². The van der Waals surface area contributed by atoms with Crippen LogP contribution in [0.1, 0.15) is 58.9 Å². The predicted octanol–water partition coefficient (Wildman–Crippen LogP) is 2.63. The molecule has 5 heteroatoms. The second-order valence-corrected chi connectivity index (χ2v) is 9.28. The molecule has 3 aliphatic heterocycles. The van der Waals surface area contributed by atoms with E-state index in [1.165, 1.54) is 12.8 Å². The molecule has 0 aromatic heterocycles. The Morgan fingerprint density at radius 1 is 1.04 bits per heavy atom. The van der Waals surface area contributed by atoms with E-state index in [9.17, 15) is 4.79 Å². The smallest absolute Gasteiger partial charge is 0.399 e. The van der Waals surface area contributed by atoms with Crippen molar-refractivity contribution in [2.75, 3.05) is 0 Å². The predicted molar refractivity (Wildman–Crippen MR) is 104 cm³/mol. The highest BCUT2D eigenvalue weighted by Crippen LogP contribution is 2.36. The van der Waals surface area contributed by atoms with Gasteiger partial charge in [0.1, 0.15) is 5.78 Å². The third-order valence-electron chi connectivity index (χ3n) is 6.81. The van der Waals surface area contributed by atoms with Crippen LogP contribution in [0.5, 0.6) is 0 Å². The van der Waals surface area contributed by atoms with Crippen LogP contribution in [-0.4, -0.2) is 36.2 Å². The van der Waals surface area contributed by atoms with Crippen molar-refractivity contribution in [2.24, 2.45) is 5.92 Å². The third kappa shape index (κ3) is 3.37. The molecule has 3 saturated heterocycles. The van der Waals surface area contributed by atoms with Gasteiger partial charge in [-0.05, 0) is 64.4 Å². The van der Waals surface area contributed by atoms with Crippen molar-refractivity contribution in [3.05, 3.63) is 29.8 Å². The Kier molecular flexibility index (Phi) is 4.53. The molecule has 0 saturated carbocycles. The van der Waals surface area contributed by atoms with Gasteiger partial charge in [0.05, 0.1) is 11.2 Å². The Hall–Kier alpha value is -1.17. The lowest BCUT2D eigenvalue weighted by molar-refractivity contribution is -0.123. The molecule has 3 aliphatic rings. The number of benzene rings is 1. The summed E-state index contributed by atoms with van der Waals surface area (Å²) in [7, 11) is -0.343. The summed E-state index contributed by atoms with van der Waals surface area (Å²) in [4.78, 5) is 12.7. The van der Waals surface area contributed by atoms with Crippen molar-refractivity contribution in [1.82, 2.24) is 5.32 Å². The average Bonchev–Trinajstić information content (AvgIpc) is 3.02. The maximum atomic E-state index is 12.7. The minimum atomic E-state index is -0.343. The quantitative estimate of drug-likeness (QED) is 0.844. The van der Waals surface area contributed by atoms with E-state index in [0.717, 1.165) is 23.9 Å². The van der Waals surface area contributed by atoms with Gasteiger partial charge in [-0.2, -0.15) is 0 Å². The molecule has 1 aromatic rings. The Morgan fingerprint density at radius 2 is 1.58 bits per heavy atom. The van der Waals surface area contributed by atoms with Gasteiger partial charge in [-0.3, -0.25) is 4.79 Å².